The third kappa shape index (κ3) is 4.74. The number of nitrogens with zero attached hydrogens (tertiary/aromatic N) is 2. The fraction of sp³-hybridized carbons (Fsp3) is 0.391. The number of nitrogens with one attached hydrogen (secondary N) is 1. The Morgan fingerprint density at radius 2 is 1.87 bits per heavy atom. The number of rotatable bonds is 8. The Morgan fingerprint density at radius 1 is 1.20 bits per heavy atom. The zero-order chi connectivity index (χ0) is 21.8. The Balaban J connectivity index is 1.66. The molecule has 1 aromatic heterocycles. The van der Waals surface area contributed by atoms with Gasteiger partial charge in [0.15, 0.2) is 23.1 Å². The first-order valence-electron chi connectivity index (χ1n) is 9.97. The second-order valence-electron chi connectivity index (χ2n) is 7.65. The lowest BCUT2D eigenvalue weighted by Gasteiger charge is -2.24. The van der Waals surface area contributed by atoms with Gasteiger partial charge < -0.3 is 19.3 Å². The van der Waals surface area contributed by atoms with Crippen molar-refractivity contribution in [3.8, 4) is 11.5 Å². The van der Waals surface area contributed by atoms with Gasteiger partial charge in [-0.2, -0.15) is 0 Å². The van der Waals surface area contributed by atoms with Crippen LogP contribution in [0.4, 0.5) is 0 Å². The Morgan fingerprint density at radius 3 is 2.53 bits per heavy atom. The summed E-state index contributed by atoms with van der Waals surface area (Å²) in [5.41, 5.74) is 3.13. The minimum Gasteiger partial charge on any atom is -0.493 e. The number of carbonyl (C=O) groups excluding carboxylic acids is 1. The predicted octanol–water partition coefficient (Wildman–Crippen LogP) is 2.86. The molecule has 0 aliphatic carbocycles. The quantitative estimate of drug-likeness (QED) is 0.600. The number of aryl methyl sites for hydroxylation is 1. The lowest BCUT2D eigenvalue weighted by atomic mass is 10.1. The number of benzene rings is 2. The third-order valence-electron chi connectivity index (χ3n) is 5.53. The fourth-order valence-corrected chi connectivity index (χ4v) is 4.46. The van der Waals surface area contributed by atoms with Gasteiger partial charge in [0.2, 0.25) is 0 Å². The number of amides is 1. The van der Waals surface area contributed by atoms with Gasteiger partial charge in [0.1, 0.15) is 6.04 Å². The molecule has 0 saturated heterocycles. The first-order chi connectivity index (χ1) is 14.3. The Kier molecular flexibility index (Phi) is 6.95. The van der Waals surface area contributed by atoms with Gasteiger partial charge in [0.25, 0.3) is 5.91 Å². The molecule has 0 bridgehead atoms. The highest BCUT2D eigenvalue weighted by atomic mass is 32.1. The van der Waals surface area contributed by atoms with Crippen LogP contribution in [-0.4, -0.2) is 50.7 Å². The van der Waals surface area contributed by atoms with Crippen LogP contribution >= 0.6 is 11.3 Å². The first-order valence-corrected chi connectivity index (χ1v) is 10.8. The van der Waals surface area contributed by atoms with Crippen molar-refractivity contribution in [2.75, 3.05) is 34.9 Å². The summed E-state index contributed by atoms with van der Waals surface area (Å²) in [6, 6.07) is 12.2. The molecule has 3 aromatic rings. The summed E-state index contributed by atoms with van der Waals surface area (Å²) in [5, 5.41) is 1.06. The number of thiazole rings is 1. The number of likely N-dealkylation sites (N-methyl/N-ethyl adjacent to an activating group) is 2. The van der Waals surface area contributed by atoms with Gasteiger partial charge >= 0.3 is 0 Å². The van der Waals surface area contributed by atoms with Crippen LogP contribution in [0.1, 0.15) is 29.1 Å². The van der Waals surface area contributed by atoms with E-state index in [1.807, 2.05) is 51.4 Å². The Labute approximate surface area is 182 Å². The monoisotopic (exact) mass is 428 g/mol. The van der Waals surface area contributed by atoms with E-state index in [2.05, 4.69) is 13.0 Å². The van der Waals surface area contributed by atoms with Crippen molar-refractivity contribution in [2.45, 2.75) is 26.4 Å². The average Bonchev–Trinajstić information content (AvgIpc) is 3.18. The third-order valence-corrected chi connectivity index (χ3v) is 6.74. The zero-order valence-electron chi connectivity index (χ0n) is 18.5. The van der Waals surface area contributed by atoms with Gasteiger partial charge in [-0.3, -0.25) is 4.79 Å². The molecule has 3 rings (SSSR count). The van der Waals surface area contributed by atoms with Gasteiger partial charge in [-0.15, -0.1) is 11.3 Å². The van der Waals surface area contributed by atoms with E-state index in [4.69, 9.17) is 14.5 Å². The van der Waals surface area contributed by atoms with E-state index in [1.54, 1.807) is 30.5 Å². The smallest absolute Gasteiger partial charge is 0.277 e. The first kappa shape index (κ1) is 22.1. The molecule has 0 fully saturated rings. The number of quaternary nitrogens is 1. The van der Waals surface area contributed by atoms with Crippen molar-refractivity contribution >= 4 is 27.5 Å². The summed E-state index contributed by atoms with van der Waals surface area (Å²) >= 11 is 1.70. The molecular formula is C23H30N3O3S+. The molecule has 1 N–H and O–H groups in total. The van der Waals surface area contributed by atoms with E-state index in [0.29, 0.717) is 24.6 Å². The second-order valence-corrected chi connectivity index (χ2v) is 8.71. The number of fused-ring (bicyclic) bond motifs is 1. The van der Waals surface area contributed by atoms with Crippen LogP contribution in [0, 0.1) is 6.92 Å². The molecule has 7 heteroatoms. The maximum Gasteiger partial charge on any atom is 0.277 e. The lowest BCUT2D eigenvalue weighted by Crippen LogP contribution is -3.10. The summed E-state index contributed by atoms with van der Waals surface area (Å²) in [6.07, 6.45) is 0. The molecule has 6 nitrogen and oxygen atoms in total. The van der Waals surface area contributed by atoms with Crippen LogP contribution in [0.25, 0.3) is 10.2 Å². The van der Waals surface area contributed by atoms with E-state index in [0.717, 1.165) is 26.6 Å². The molecule has 0 aliphatic rings. The van der Waals surface area contributed by atoms with E-state index in [9.17, 15) is 4.79 Å². The molecule has 1 unspecified atom stereocenters. The number of ether oxygens (including phenoxy) is 2. The highest BCUT2D eigenvalue weighted by molar-refractivity contribution is 7.18. The maximum absolute atomic E-state index is 12.9. The lowest BCUT2D eigenvalue weighted by molar-refractivity contribution is -0.902. The summed E-state index contributed by atoms with van der Waals surface area (Å²) in [4.78, 5) is 20.5. The predicted molar refractivity (Wildman–Crippen MR) is 121 cm³/mol. The van der Waals surface area contributed by atoms with Crippen LogP contribution in [-0.2, 0) is 11.3 Å². The minimum atomic E-state index is 0.0923. The van der Waals surface area contributed by atoms with Crippen LogP contribution in [0.5, 0.6) is 11.5 Å². The van der Waals surface area contributed by atoms with Crippen molar-refractivity contribution < 1.29 is 19.2 Å². The average molecular weight is 429 g/mol. The van der Waals surface area contributed by atoms with Gasteiger partial charge in [-0.25, -0.2) is 4.98 Å². The molecular weight excluding hydrogens is 398 g/mol. The molecule has 1 heterocycles. The molecule has 2 atom stereocenters. The summed E-state index contributed by atoms with van der Waals surface area (Å²) in [7, 11) is 7.13. The number of para-hydroxylation sites is 1. The Bertz CT molecular complexity index is 1000. The number of methoxy groups -OCH3 is 2. The molecule has 0 aliphatic heterocycles. The van der Waals surface area contributed by atoms with E-state index < -0.39 is 0 Å². The fourth-order valence-electron chi connectivity index (χ4n) is 3.35. The zero-order valence-corrected chi connectivity index (χ0v) is 19.3. The number of aromatic nitrogens is 1. The highest BCUT2D eigenvalue weighted by Gasteiger charge is 2.24. The van der Waals surface area contributed by atoms with Crippen LogP contribution in [0.3, 0.4) is 0 Å². The molecule has 0 saturated carbocycles. The molecule has 0 radical (unpaired) electrons. The molecule has 0 spiro atoms. The summed E-state index contributed by atoms with van der Waals surface area (Å²) < 4.78 is 11.9. The van der Waals surface area contributed by atoms with Crippen molar-refractivity contribution in [1.82, 2.24) is 9.88 Å². The largest absolute Gasteiger partial charge is 0.493 e. The van der Waals surface area contributed by atoms with E-state index in [1.165, 1.54) is 4.70 Å². The van der Waals surface area contributed by atoms with Gasteiger partial charge in [-0.1, -0.05) is 12.1 Å². The van der Waals surface area contributed by atoms with Crippen molar-refractivity contribution in [3.05, 3.63) is 52.5 Å². The van der Waals surface area contributed by atoms with E-state index >= 15 is 0 Å². The summed E-state index contributed by atoms with van der Waals surface area (Å²) in [5.74, 6) is 1.46. The maximum atomic E-state index is 12.9. The molecule has 2 aromatic carbocycles. The minimum absolute atomic E-state index is 0.0923. The van der Waals surface area contributed by atoms with Crippen molar-refractivity contribution in [1.29, 1.82) is 0 Å². The number of hydrogen-bond donors (Lipinski definition) is 1. The molecule has 1 amide bonds. The SMILES string of the molecule is COc1cc(C)c(CN(C)C(=O)C[NH+](C)[C@@H](C)c2nc3ccccc3s2)cc1OC. The number of carbonyl (C=O) groups is 1. The van der Waals surface area contributed by atoms with E-state index in [-0.39, 0.29) is 11.9 Å². The topological polar surface area (TPSA) is 56.1 Å². The van der Waals surface area contributed by atoms with Gasteiger partial charge in [-0.05, 0) is 49.2 Å². The van der Waals surface area contributed by atoms with Crippen molar-refractivity contribution in [3.63, 3.8) is 0 Å². The Hall–Kier alpha value is -2.64. The summed E-state index contributed by atoms with van der Waals surface area (Å²) in [6.45, 7) is 5.06. The van der Waals surface area contributed by atoms with Gasteiger partial charge in [0.05, 0.1) is 31.5 Å². The van der Waals surface area contributed by atoms with Crippen molar-refractivity contribution in [2.24, 2.45) is 0 Å². The van der Waals surface area contributed by atoms with Gasteiger partial charge in [0, 0.05) is 13.6 Å². The second kappa shape index (κ2) is 9.45. The highest BCUT2D eigenvalue weighted by Crippen LogP contribution is 2.30. The van der Waals surface area contributed by atoms with Crippen LogP contribution in [0.2, 0.25) is 0 Å². The standard InChI is InChI=1S/C23H29N3O3S/c1-15-11-19(28-5)20(29-6)12-17(15)13-26(4)22(27)14-25(3)16(2)23-24-18-9-7-8-10-21(18)30-23/h7-12,16H,13-14H2,1-6H3/p+1/t16-/m0/s1. The van der Waals surface area contributed by atoms with Crippen LogP contribution in [0.15, 0.2) is 36.4 Å². The normalized spacial score (nSPS) is 13.1. The molecule has 160 valence electrons. The van der Waals surface area contributed by atoms with Crippen LogP contribution < -0.4 is 14.4 Å². The molecule has 30 heavy (non-hydrogen) atoms. The number of hydrogen-bond acceptors (Lipinski definition) is 5.